The third-order valence-corrected chi connectivity index (χ3v) is 7.56. The SMILES string of the molecule is C=C(/C=C\[C@@H](CC)[C@@H](N)CCC1=C(C)[C@@H](C)[C@@H](C)C(C)=C1)C1CC1C(C)C. The highest BCUT2D eigenvalue weighted by atomic mass is 14.6. The van der Waals surface area contributed by atoms with E-state index in [0.29, 0.717) is 23.7 Å². The van der Waals surface area contributed by atoms with Gasteiger partial charge in [0.15, 0.2) is 0 Å². The molecule has 1 nitrogen and oxygen atoms in total. The summed E-state index contributed by atoms with van der Waals surface area (Å²) in [6.07, 6.45) is 11.6. The molecular formula is C26H43N. The van der Waals surface area contributed by atoms with Gasteiger partial charge >= 0.3 is 0 Å². The van der Waals surface area contributed by atoms with Crippen LogP contribution in [-0.2, 0) is 0 Å². The maximum Gasteiger partial charge on any atom is 0.0105 e. The van der Waals surface area contributed by atoms with Crippen LogP contribution < -0.4 is 5.73 Å². The standard InChI is InChI=1S/C26H43N/c1-9-22(11-10-17(4)25-15-24(25)16(2)3)26(27)13-12-23-14-18(5)19(6)20(7)21(23)8/h10-11,14,16,19-20,22,24-26H,4,9,12-13,15,27H2,1-3,5-8H3/b11-10-/t19-,20-,22+,24?,25?,26-/m0/s1. The maximum atomic E-state index is 6.62. The van der Waals surface area contributed by atoms with Gasteiger partial charge in [0, 0.05) is 6.04 Å². The smallest absolute Gasteiger partial charge is 0.0105 e. The normalized spacial score (nSPS) is 30.6. The van der Waals surface area contributed by atoms with Crippen molar-refractivity contribution in [3.05, 3.63) is 47.1 Å². The lowest BCUT2D eigenvalue weighted by Gasteiger charge is -2.30. The Balaban J connectivity index is 1.91. The van der Waals surface area contributed by atoms with E-state index in [2.05, 4.69) is 73.3 Å². The van der Waals surface area contributed by atoms with Gasteiger partial charge in [0.05, 0.1) is 0 Å². The van der Waals surface area contributed by atoms with Crippen molar-refractivity contribution in [1.82, 2.24) is 0 Å². The first-order valence-corrected chi connectivity index (χ1v) is 11.2. The van der Waals surface area contributed by atoms with Crippen molar-refractivity contribution in [1.29, 1.82) is 0 Å². The van der Waals surface area contributed by atoms with Gasteiger partial charge in [-0.3, -0.25) is 0 Å². The molecule has 1 heteroatoms. The summed E-state index contributed by atoms with van der Waals surface area (Å²) < 4.78 is 0. The minimum Gasteiger partial charge on any atom is -0.327 e. The van der Waals surface area contributed by atoms with E-state index in [0.717, 1.165) is 31.1 Å². The molecule has 0 bridgehead atoms. The van der Waals surface area contributed by atoms with Crippen molar-refractivity contribution in [3.8, 4) is 0 Å². The lowest BCUT2D eigenvalue weighted by molar-refractivity contribution is 0.452. The van der Waals surface area contributed by atoms with Crippen LogP contribution >= 0.6 is 0 Å². The molecule has 27 heavy (non-hydrogen) atoms. The molecule has 2 aliphatic rings. The van der Waals surface area contributed by atoms with Crippen LogP contribution in [-0.4, -0.2) is 6.04 Å². The molecule has 0 aromatic carbocycles. The van der Waals surface area contributed by atoms with Crippen LogP contribution in [0, 0.1) is 35.5 Å². The Labute approximate surface area is 168 Å². The molecule has 2 N–H and O–H groups in total. The lowest BCUT2D eigenvalue weighted by atomic mass is 9.76. The molecule has 0 heterocycles. The van der Waals surface area contributed by atoms with Crippen LogP contribution in [0.25, 0.3) is 0 Å². The molecular weight excluding hydrogens is 326 g/mol. The molecule has 0 spiro atoms. The van der Waals surface area contributed by atoms with Gasteiger partial charge in [-0.15, -0.1) is 0 Å². The van der Waals surface area contributed by atoms with E-state index in [1.54, 1.807) is 5.57 Å². The highest BCUT2D eigenvalue weighted by Crippen LogP contribution is 2.48. The number of nitrogens with two attached hydrogens (primary N) is 1. The number of hydrogen-bond donors (Lipinski definition) is 1. The summed E-state index contributed by atoms with van der Waals surface area (Å²) in [5, 5.41) is 0. The average molecular weight is 370 g/mol. The Bertz CT molecular complexity index is 618. The summed E-state index contributed by atoms with van der Waals surface area (Å²) in [5.74, 6) is 4.09. The molecule has 2 rings (SSSR count). The highest BCUT2D eigenvalue weighted by Gasteiger charge is 2.40. The first-order chi connectivity index (χ1) is 12.7. The van der Waals surface area contributed by atoms with Crippen LogP contribution in [0.15, 0.2) is 47.1 Å². The molecule has 0 saturated heterocycles. The summed E-state index contributed by atoms with van der Waals surface area (Å²) >= 11 is 0. The summed E-state index contributed by atoms with van der Waals surface area (Å²) in [7, 11) is 0. The highest BCUT2D eigenvalue weighted by molar-refractivity contribution is 5.35. The van der Waals surface area contributed by atoms with Crippen molar-refractivity contribution >= 4 is 0 Å². The zero-order valence-corrected chi connectivity index (χ0v) is 18.9. The summed E-state index contributed by atoms with van der Waals surface area (Å²) in [6, 6.07) is 0.225. The summed E-state index contributed by atoms with van der Waals surface area (Å²) in [4.78, 5) is 0. The van der Waals surface area contributed by atoms with Gasteiger partial charge < -0.3 is 5.73 Å². The number of allylic oxidation sites excluding steroid dienone is 6. The fourth-order valence-electron chi connectivity index (χ4n) is 4.72. The van der Waals surface area contributed by atoms with Gasteiger partial charge in [-0.25, -0.2) is 0 Å². The van der Waals surface area contributed by atoms with Crippen LogP contribution in [0.2, 0.25) is 0 Å². The third-order valence-electron chi connectivity index (χ3n) is 7.56. The second kappa shape index (κ2) is 9.41. The Hall–Kier alpha value is -1.08. The molecule has 0 aromatic rings. The van der Waals surface area contributed by atoms with Crippen LogP contribution in [0.4, 0.5) is 0 Å². The molecule has 0 aliphatic heterocycles. The van der Waals surface area contributed by atoms with Crippen molar-refractivity contribution in [2.45, 2.75) is 80.2 Å². The second-order valence-electron chi connectivity index (χ2n) is 9.63. The van der Waals surface area contributed by atoms with Crippen LogP contribution in [0.3, 0.4) is 0 Å². The molecule has 6 atom stereocenters. The third kappa shape index (κ3) is 5.47. The monoisotopic (exact) mass is 369 g/mol. The fraction of sp³-hybridized carbons (Fsp3) is 0.692. The van der Waals surface area contributed by atoms with Crippen LogP contribution in [0.1, 0.15) is 74.1 Å². The predicted octanol–water partition coefficient (Wildman–Crippen LogP) is 7.07. The first kappa shape index (κ1) is 22.2. The molecule has 0 aromatic heterocycles. The summed E-state index contributed by atoms with van der Waals surface area (Å²) in [6.45, 7) is 20.5. The van der Waals surface area contributed by atoms with Gasteiger partial charge in [0.2, 0.25) is 0 Å². The lowest BCUT2D eigenvalue weighted by Crippen LogP contribution is -2.29. The van der Waals surface area contributed by atoms with E-state index in [1.165, 1.54) is 23.1 Å². The van der Waals surface area contributed by atoms with Gasteiger partial charge in [0.25, 0.3) is 0 Å². The van der Waals surface area contributed by atoms with Gasteiger partial charge in [-0.1, -0.05) is 76.1 Å². The molecule has 1 saturated carbocycles. The molecule has 2 unspecified atom stereocenters. The quantitative estimate of drug-likeness (QED) is 0.432. The Kier molecular flexibility index (Phi) is 7.74. The van der Waals surface area contributed by atoms with Gasteiger partial charge in [-0.05, 0) is 80.6 Å². The Morgan fingerprint density at radius 1 is 1.26 bits per heavy atom. The second-order valence-corrected chi connectivity index (χ2v) is 9.63. The Morgan fingerprint density at radius 2 is 1.93 bits per heavy atom. The van der Waals surface area contributed by atoms with Crippen molar-refractivity contribution in [2.75, 3.05) is 0 Å². The van der Waals surface area contributed by atoms with E-state index < -0.39 is 0 Å². The topological polar surface area (TPSA) is 26.0 Å². The van der Waals surface area contributed by atoms with Crippen molar-refractivity contribution in [2.24, 2.45) is 41.2 Å². The van der Waals surface area contributed by atoms with E-state index >= 15 is 0 Å². The average Bonchev–Trinajstić information content (AvgIpc) is 3.43. The van der Waals surface area contributed by atoms with E-state index in [-0.39, 0.29) is 6.04 Å². The zero-order chi connectivity index (χ0) is 20.3. The van der Waals surface area contributed by atoms with Gasteiger partial charge in [-0.2, -0.15) is 0 Å². The molecule has 1 fully saturated rings. The van der Waals surface area contributed by atoms with Crippen LogP contribution in [0.5, 0.6) is 0 Å². The zero-order valence-electron chi connectivity index (χ0n) is 18.9. The first-order valence-electron chi connectivity index (χ1n) is 11.2. The van der Waals surface area contributed by atoms with E-state index in [1.807, 2.05) is 0 Å². The number of hydrogen-bond acceptors (Lipinski definition) is 1. The largest absolute Gasteiger partial charge is 0.327 e. The predicted molar refractivity (Wildman–Crippen MR) is 120 cm³/mol. The molecule has 0 radical (unpaired) electrons. The molecule has 152 valence electrons. The minimum atomic E-state index is 0.225. The van der Waals surface area contributed by atoms with Crippen molar-refractivity contribution < 1.29 is 0 Å². The van der Waals surface area contributed by atoms with E-state index in [4.69, 9.17) is 5.73 Å². The molecule has 0 amide bonds. The maximum absolute atomic E-state index is 6.62. The van der Waals surface area contributed by atoms with Gasteiger partial charge in [0.1, 0.15) is 0 Å². The number of rotatable bonds is 9. The van der Waals surface area contributed by atoms with Crippen molar-refractivity contribution in [3.63, 3.8) is 0 Å². The Morgan fingerprint density at radius 3 is 2.48 bits per heavy atom. The van der Waals surface area contributed by atoms with E-state index in [9.17, 15) is 0 Å². The molecule has 2 aliphatic carbocycles. The summed E-state index contributed by atoms with van der Waals surface area (Å²) in [5.41, 5.74) is 12.5. The fourth-order valence-corrected chi connectivity index (χ4v) is 4.72. The minimum absolute atomic E-state index is 0.225.